The van der Waals surface area contributed by atoms with Crippen molar-refractivity contribution in [3.8, 4) is 0 Å². The highest BCUT2D eigenvalue weighted by molar-refractivity contribution is 5.80. The number of rotatable bonds is 8. The minimum atomic E-state index is -0.513. The minimum absolute atomic E-state index is 0.223. The highest BCUT2D eigenvalue weighted by Gasteiger charge is 2.20. The van der Waals surface area contributed by atoms with Crippen LogP contribution in [0, 0.1) is 0 Å². The molecule has 166 valence electrons. The molecule has 1 saturated heterocycles. The van der Waals surface area contributed by atoms with Gasteiger partial charge < -0.3 is 25.6 Å². The average molecular weight is 418 g/mol. The van der Waals surface area contributed by atoms with Gasteiger partial charge in [0, 0.05) is 39.1 Å². The van der Waals surface area contributed by atoms with Gasteiger partial charge in [0.2, 0.25) is 5.91 Å². The van der Waals surface area contributed by atoms with Gasteiger partial charge in [-0.1, -0.05) is 24.3 Å². The van der Waals surface area contributed by atoms with Gasteiger partial charge in [0.15, 0.2) is 5.96 Å². The Kier molecular flexibility index (Phi) is 8.95. The van der Waals surface area contributed by atoms with Crippen LogP contribution in [0.5, 0.6) is 0 Å². The lowest BCUT2D eigenvalue weighted by molar-refractivity contribution is -0.128. The van der Waals surface area contributed by atoms with Crippen LogP contribution in [0.2, 0.25) is 0 Å². The maximum atomic E-state index is 12.0. The molecular weight excluding hydrogens is 382 g/mol. The molecule has 8 nitrogen and oxygen atoms in total. The number of hydrogen-bond acceptors (Lipinski definition) is 4. The number of hydrogen-bond donors (Lipinski definition) is 3. The van der Waals surface area contributed by atoms with Crippen molar-refractivity contribution in [3.05, 3.63) is 35.4 Å². The van der Waals surface area contributed by atoms with Crippen LogP contribution in [0.15, 0.2) is 29.3 Å². The zero-order valence-corrected chi connectivity index (χ0v) is 18.6. The largest absolute Gasteiger partial charge is 0.444 e. The first-order valence-corrected chi connectivity index (χ1v) is 10.6. The third-order valence-corrected chi connectivity index (χ3v) is 4.49. The van der Waals surface area contributed by atoms with Gasteiger partial charge in [-0.2, -0.15) is 0 Å². The maximum Gasteiger partial charge on any atom is 0.407 e. The zero-order valence-electron chi connectivity index (χ0n) is 18.6. The molecule has 1 aliphatic rings. The SMILES string of the molecule is CCNC(=NCc1ccccc1CN1CCCC1=O)NCCNC(=O)OC(C)(C)C. The first-order valence-electron chi connectivity index (χ1n) is 10.6. The lowest BCUT2D eigenvalue weighted by Gasteiger charge is -2.20. The molecule has 0 aromatic heterocycles. The van der Waals surface area contributed by atoms with Crippen molar-refractivity contribution < 1.29 is 14.3 Å². The fourth-order valence-corrected chi connectivity index (χ4v) is 3.11. The average Bonchev–Trinajstić information content (AvgIpc) is 3.07. The number of ether oxygens (including phenoxy) is 1. The van der Waals surface area contributed by atoms with E-state index in [1.165, 1.54) is 0 Å². The number of guanidine groups is 1. The van der Waals surface area contributed by atoms with Gasteiger partial charge in [0.05, 0.1) is 6.54 Å². The summed E-state index contributed by atoms with van der Waals surface area (Å²) in [7, 11) is 0. The Morgan fingerprint density at radius 3 is 2.47 bits per heavy atom. The summed E-state index contributed by atoms with van der Waals surface area (Å²) < 4.78 is 5.22. The number of benzene rings is 1. The summed E-state index contributed by atoms with van der Waals surface area (Å²) in [6.45, 7) is 11.1. The molecule has 1 aromatic carbocycles. The van der Waals surface area contributed by atoms with E-state index in [1.807, 2.05) is 50.8 Å². The Morgan fingerprint density at radius 1 is 1.13 bits per heavy atom. The van der Waals surface area contributed by atoms with Gasteiger partial charge in [-0.25, -0.2) is 9.79 Å². The van der Waals surface area contributed by atoms with Gasteiger partial charge in [0.1, 0.15) is 5.60 Å². The van der Waals surface area contributed by atoms with E-state index in [4.69, 9.17) is 4.74 Å². The van der Waals surface area contributed by atoms with Crippen LogP contribution in [-0.2, 0) is 22.6 Å². The van der Waals surface area contributed by atoms with Crippen molar-refractivity contribution in [3.63, 3.8) is 0 Å². The molecule has 8 heteroatoms. The third-order valence-electron chi connectivity index (χ3n) is 4.49. The monoisotopic (exact) mass is 417 g/mol. The summed E-state index contributed by atoms with van der Waals surface area (Å²) in [5.74, 6) is 0.899. The molecule has 0 aliphatic carbocycles. The molecule has 2 rings (SSSR count). The Hall–Kier alpha value is -2.77. The molecule has 0 atom stereocenters. The summed E-state index contributed by atoms with van der Waals surface area (Å²) in [4.78, 5) is 30.2. The van der Waals surface area contributed by atoms with Crippen molar-refractivity contribution >= 4 is 18.0 Å². The molecule has 0 saturated carbocycles. The lowest BCUT2D eigenvalue weighted by atomic mass is 10.1. The van der Waals surface area contributed by atoms with E-state index in [1.54, 1.807) is 0 Å². The molecule has 1 fully saturated rings. The Labute approximate surface area is 179 Å². The number of carbonyl (C=O) groups is 2. The number of aliphatic imine (C=N–C) groups is 1. The van der Waals surface area contributed by atoms with Crippen LogP contribution >= 0.6 is 0 Å². The standard InChI is InChI=1S/C22H35N5O3/c1-5-23-20(24-12-13-25-21(29)30-22(2,3)4)26-15-17-9-6-7-10-18(17)16-27-14-8-11-19(27)28/h6-7,9-10H,5,8,11-16H2,1-4H3,(H,25,29)(H2,23,24,26). The summed E-state index contributed by atoms with van der Waals surface area (Å²) >= 11 is 0. The number of carbonyl (C=O) groups excluding carboxylic acids is 2. The molecule has 0 unspecified atom stereocenters. The van der Waals surface area contributed by atoms with E-state index in [0.717, 1.165) is 30.6 Å². The van der Waals surface area contributed by atoms with Gasteiger partial charge in [-0.05, 0) is 45.2 Å². The van der Waals surface area contributed by atoms with E-state index >= 15 is 0 Å². The molecular formula is C22H35N5O3. The molecule has 1 heterocycles. The second-order valence-electron chi connectivity index (χ2n) is 8.24. The summed E-state index contributed by atoms with van der Waals surface area (Å²) in [6.07, 6.45) is 1.15. The second-order valence-corrected chi connectivity index (χ2v) is 8.24. The van der Waals surface area contributed by atoms with Crippen LogP contribution in [0.1, 0.15) is 51.7 Å². The van der Waals surface area contributed by atoms with E-state index in [-0.39, 0.29) is 5.91 Å². The summed E-state index contributed by atoms with van der Waals surface area (Å²) in [6, 6.07) is 8.09. The Morgan fingerprint density at radius 2 is 1.83 bits per heavy atom. The number of likely N-dealkylation sites (tertiary alicyclic amines) is 1. The number of amides is 2. The highest BCUT2D eigenvalue weighted by Crippen LogP contribution is 2.17. The van der Waals surface area contributed by atoms with Gasteiger partial charge in [-0.15, -0.1) is 0 Å². The van der Waals surface area contributed by atoms with Crippen molar-refractivity contribution in [1.82, 2.24) is 20.9 Å². The van der Waals surface area contributed by atoms with Crippen LogP contribution < -0.4 is 16.0 Å². The fourth-order valence-electron chi connectivity index (χ4n) is 3.11. The molecule has 30 heavy (non-hydrogen) atoms. The normalized spacial score (nSPS) is 14.6. The molecule has 3 N–H and O–H groups in total. The zero-order chi connectivity index (χ0) is 22.0. The molecule has 0 spiro atoms. The third kappa shape index (κ3) is 8.31. The number of alkyl carbamates (subject to hydrolysis) is 1. The smallest absolute Gasteiger partial charge is 0.407 e. The second kappa shape index (κ2) is 11.4. The summed E-state index contributed by atoms with van der Waals surface area (Å²) in [5, 5.41) is 9.14. The first kappa shape index (κ1) is 23.5. The maximum absolute atomic E-state index is 12.0. The molecule has 1 aliphatic heterocycles. The Bertz CT molecular complexity index is 743. The van der Waals surface area contributed by atoms with Crippen molar-refractivity contribution in [2.24, 2.45) is 4.99 Å². The van der Waals surface area contributed by atoms with Crippen molar-refractivity contribution in [2.75, 3.05) is 26.2 Å². The van der Waals surface area contributed by atoms with E-state index < -0.39 is 11.7 Å². The number of nitrogens with one attached hydrogen (secondary N) is 3. The quantitative estimate of drug-likeness (QED) is 0.343. The van der Waals surface area contributed by atoms with Crippen LogP contribution in [0.4, 0.5) is 4.79 Å². The highest BCUT2D eigenvalue weighted by atomic mass is 16.6. The van der Waals surface area contributed by atoms with Gasteiger partial charge in [0.25, 0.3) is 0 Å². The Balaban J connectivity index is 1.88. The van der Waals surface area contributed by atoms with Crippen LogP contribution in [0.3, 0.4) is 0 Å². The van der Waals surface area contributed by atoms with Crippen molar-refractivity contribution in [2.45, 2.75) is 59.2 Å². The van der Waals surface area contributed by atoms with Gasteiger partial charge in [-0.3, -0.25) is 4.79 Å². The molecule has 0 bridgehead atoms. The predicted octanol–water partition coefficient (Wildman–Crippen LogP) is 2.39. The number of nitrogens with zero attached hydrogens (tertiary/aromatic N) is 2. The minimum Gasteiger partial charge on any atom is -0.444 e. The molecule has 1 aromatic rings. The molecule has 2 amide bonds. The lowest BCUT2D eigenvalue weighted by Crippen LogP contribution is -2.42. The van der Waals surface area contributed by atoms with E-state index in [9.17, 15) is 9.59 Å². The van der Waals surface area contributed by atoms with Crippen LogP contribution in [0.25, 0.3) is 0 Å². The van der Waals surface area contributed by atoms with E-state index in [2.05, 4.69) is 27.0 Å². The van der Waals surface area contributed by atoms with Crippen LogP contribution in [-0.4, -0.2) is 54.6 Å². The van der Waals surface area contributed by atoms with Gasteiger partial charge >= 0.3 is 6.09 Å². The fraction of sp³-hybridized carbons (Fsp3) is 0.591. The molecule has 0 radical (unpaired) electrons. The first-order chi connectivity index (χ1) is 14.3. The summed E-state index contributed by atoms with van der Waals surface area (Å²) in [5.41, 5.74) is 1.71. The topological polar surface area (TPSA) is 95.1 Å². The predicted molar refractivity (Wildman–Crippen MR) is 118 cm³/mol. The van der Waals surface area contributed by atoms with Crippen molar-refractivity contribution in [1.29, 1.82) is 0 Å². The van der Waals surface area contributed by atoms with E-state index in [0.29, 0.717) is 38.6 Å².